The third-order valence-corrected chi connectivity index (χ3v) is 6.75. The molecule has 1 atom stereocenters. The Balaban J connectivity index is 1.78. The number of ether oxygens (including phenoxy) is 1. The molecule has 2 aromatic carbocycles. The van der Waals surface area contributed by atoms with Gasteiger partial charge < -0.3 is 15.4 Å². The lowest BCUT2D eigenvalue weighted by Crippen LogP contribution is -2.18. The largest absolute Gasteiger partial charge is 0.497 e. The molecule has 2 heterocycles. The molecule has 0 unspecified atom stereocenters. The van der Waals surface area contributed by atoms with Crippen LogP contribution in [0.5, 0.6) is 5.75 Å². The first-order chi connectivity index (χ1) is 16.0. The molecular weight excluding hydrogens is 430 g/mol. The Bertz CT molecular complexity index is 1250. The van der Waals surface area contributed by atoms with Crippen molar-refractivity contribution in [3.05, 3.63) is 106 Å². The van der Waals surface area contributed by atoms with Gasteiger partial charge in [-0.15, -0.1) is 11.3 Å². The highest BCUT2D eigenvalue weighted by Crippen LogP contribution is 2.41. The molecule has 0 fully saturated rings. The fourth-order valence-electron chi connectivity index (χ4n) is 3.74. The average Bonchev–Trinajstić information content (AvgIpc) is 3.11. The highest BCUT2D eigenvalue weighted by atomic mass is 32.1. The average molecular weight is 458 g/mol. The molecule has 0 aliphatic heterocycles. The second-order valence-corrected chi connectivity index (χ2v) is 9.09. The Labute approximate surface area is 198 Å². The van der Waals surface area contributed by atoms with Crippen molar-refractivity contribution in [2.24, 2.45) is 0 Å². The zero-order valence-electron chi connectivity index (χ0n) is 19.2. The van der Waals surface area contributed by atoms with Gasteiger partial charge in [0.1, 0.15) is 16.6 Å². The number of pyridine rings is 1. The summed E-state index contributed by atoms with van der Waals surface area (Å²) in [5, 5.41) is 7.59. The minimum absolute atomic E-state index is 0.125. The molecule has 2 aromatic heterocycles. The van der Waals surface area contributed by atoms with Gasteiger partial charge in [0, 0.05) is 21.7 Å². The molecule has 0 aliphatic carbocycles. The topological polar surface area (TPSA) is 63.2 Å². The molecule has 1 amide bonds. The first-order valence-electron chi connectivity index (χ1n) is 10.8. The zero-order valence-corrected chi connectivity index (χ0v) is 20.0. The Morgan fingerprint density at radius 1 is 0.939 bits per heavy atom. The Hall–Kier alpha value is -3.64. The lowest BCUT2D eigenvalue weighted by atomic mass is 9.96. The van der Waals surface area contributed by atoms with Crippen LogP contribution in [0.25, 0.3) is 0 Å². The molecule has 0 bridgehead atoms. The van der Waals surface area contributed by atoms with Crippen LogP contribution in [0, 0.1) is 20.8 Å². The van der Waals surface area contributed by atoms with E-state index in [2.05, 4.69) is 29.5 Å². The van der Waals surface area contributed by atoms with Gasteiger partial charge in [-0.05, 0) is 68.3 Å². The molecule has 168 valence electrons. The predicted octanol–water partition coefficient (Wildman–Crippen LogP) is 6.53. The Kier molecular flexibility index (Phi) is 6.75. The van der Waals surface area contributed by atoms with E-state index in [4.69, 9.17) is 4.74 Å². The van der Waals surface area contributed by atoms with Crippen LogP contribution in [-0.4, -0.2) is 18.0 Å². The molecule has 0 aliphatic rings. The number of anilines is 2. The molecule has 0 saturated heterocycles. The zero-order chi connectivity index (χ0) is 23.4. The van der Waals surface area contributed by atoms with Crippen LogP contribution in [0.1, 0.15) is 43.7 Å². The maximum atomic E-state index is 13.0. The SMILES string of the molecule is COc1ccc([C@@H](Nc2cccc(C)n2)c2c(NC(=O)c3ccccc3)sc(C)c2C)cc1. The number of rotatable bonds is 7. The van der Waals surface area contributed by atoms with E-state index in [-0.39, 0.29) is 11.9 Å². The number of nitrogens with zero attached hydrogens (tertiary/aromatic N) is 1. The molecule has 0 spiro atoms. The van der Waals surface area contributed by atoms with Gasteiger partial charge in [-0.25, -0.2) is 4.98 Å². The smallest absolute Gasteiger partial charge is 0.256 e. The van der Waals surface area contributed by atoms with E-state index in [1.165, 1.54) is 0 Å². The summed E-state index contributed by atoms with van der Waals surface area (Å²) >= 11 is 1.59. The fourth-order valence-corrected chi connectivity index (χ4v) is 4.83. The number of thiophene rings is 1. The van der Waals surface area contributed by atoms with E-state index in [1.54, 1.807) is 18.4 Å². The van der Waals surface area contributed by atoms with Gasteiger partial charge in [0.25, 0.3) is 5.91 Å². The highest BCUT2D eigenvalue weighted by molar-refractivity contribution is 7.16. The Morgan fingerprint density at radius 2 is 1.67 bits per heavy atom. The Morgan fingerprint density at radius 3 is 2.33 bits per heavy atom. The molecule has 5 nitrogen and oxygen atoms in total. The van der Waals surface area contributed by atoms with Gasteiger partial charge in [-0.2, -0.15) is 0 Å². The lowest BCUT2D eigenvalue weighted by molar-refractivity contribution is 0.102. The summed E-state index contributed by atoms with van der Waals surface area (Å²) in [6.07, 6.45) is 0. The number of benzene rings is 2. The van der Waals surface area contributed by atoms with E-state index in [0.29, 0.717) is 5.56 Å². The van der Waals surface area contributed by atoms with Gasteiger partial charge in [0.15, 0.2) is 0 Å². The van der Waals surface area contributed by atoms with Crippen LogP contribution in [0.3, 0.4) is 0 Å². The van der Waals surface area contributed by atoms with Crippen molar-refractivity contribution in [3.8, 4) is 5.75 Å². The van der Waals surface area contributed by atoms with E-state index in [9.17, 15) is 4.79 Å². The predicted molar refractivity (Wildman–Crippen MR) is 136 cm³/mol. The summed E-state index contributed by atoms with van der Waals surface area (Å²) < 4.78 is 5.35. The highest BCUT2D eigenvalue weighted by Gasteiger charge is 2.25. The number of methoxy groups -OCH3 is 1. The third-order valence-electron chi connectivity index (χ3n) is 5.61. The number of carbonyl (C=O) groups is 1. The van der Waals surface area contributed by atoms with Crippen LogP contribution >= 0.6 is 11.3 Å². The summed E-state index contributed by atoms with van der Waals surface area (Å²) in [5.74, 6) is 1.45. The van der Waals surface area contributed by atoms with Crippen molar-refractivity contribution in [3.63, 3.8) is 0 Å². The summed E-state index contributed by atoms with van der Waals surface area (Å²) in [4.78, 5) is 18.8. The minimum atomic E-state index is -0.207. The van der Waals surface area contributed by atoms with Crippen molar-refractivity contribution in [2.45, 2.75) is 26.8 Å². The number of aryl methyl sites for hydroxylation is 2. The summed E-state index contributed by atoms with van der Waals surface area (Å²) in [7, 11) is 1.66. The van der Waals surface area contributed by atoms with Crippen LogP contribution in [0.4, 0.5) is 10.8 Å². The van der Waals surface area contributed by atoms with Gasteiger partial charge in [0.2, 0.25) is 0 Å². The van der Waals surface area contributed by atoms with E-state index >= 15 is 0 Å². The number of nitrogens with one attached hydrogen (secondary N) is 2. The van der Waals surface area contributed by atoms with Crippen molar-refractivity contribution in [2.75, 3.05) is 17.7 Å². The minimum Gasteiger partial charge on any atom is -0.497 e. The van der Waals surface area contributed by atoms with E-state index in [1.807, 2.05) is 79.7 Å². The van der Waals surface area contributed by atoms with Crippen molar-refractivity contribution in [1.29, 1.82) is 0 Å². The molecule has 2 N–H and O–H groups in total. The summed E-state index contributed by atoms with van der Waals surface area (Å²) in [6.45, 7) is 6.15. The van der Waals surface area contributed by atoms with Crippen LogP contribution in [-0.2, 0) is 0 Å². The van der Waals surface area contributed by atoms with E-state index in [0.717, 1.165) is 43.8 Å². The first kappa shape index (κ1) is 22.6. The van der Waals surface area contributed by atoms with Crippen molar-refractivity contribution >= 4 is 28.1 Å². The second kappa shape index (κ2) is 9.88. The molecule has 33 heavy (non-hydrogen) atoms. The van der Waals surface area contributed by atoms with Gasteiger partial charge in [-0.3, -0.25) is 4.79 Å². The second-order valence-electron chi connectivity index (χ2n) is 7.86. The van der Waals surface area contributed by atoms with Gasteiger partial charge in [-0.1, -0.05) is 36.4 Å². The third kappa shape index (κ3) is 5.07. The maximum absolute atomic E-state index is 13.0. The van der Waals surface area contributed by atoms with Crippen molar-refractivity contribution in [1.82, 2.24) is 4.98 Å². The van der Waals surface area contributed by atoms with Crippen LogP contribution in [0.2, 0.25) is 0 Å². The molecule has 0 saturated carbocycles. The standard InChI is InChI=1S/C27H27N3O2S/c1-17-9-8-12-23(28-17)29-25(20-13-15-22(32-4)16-14-20)24-18(2)19(3)33-27(24)30-26(31)21-10-6-5-7-11-21/h5-16,25H,1-4H3,(H,28,29)(H,30,31)/t25-/m1/s1. The molecule has 4 rings (SSSR count). The van der Waals surface area contributed by atoms with Crippen LogP contribution in [0.15, 0.2) is 72.8 Å². The van der Waals surface area contributed by atoms with Gasteiger partial charge in [0.05, 0.1) is 13.2 Å². The summed E-state index contributed by atoms with van der Waals surface area (Å²) in [6, 6.07) is 23.0. The number of amides is 1. The molecule has 4 aromatic rings. The number of hydrogen-bond donors (Lipinski definition) is 2. The maximum Gasteiger partial charge on any atom is 0.256 e. The molecule has 0 radical (unpaired) electrons. The quantitative estimate of drug-likeness (QED) is 0.331. The fraction of sp³-hybridized carbons (Fsp3) is 0.185. The number of carbonyl (C=O) groups excluding carboxylic acids is 1. The van der Waals surface area contributed by atoms with E-state index < -0.39 is 0 Å². The monoisotopic (exact) mass is 457 g/mol. The summed E-state index contributed by atoms with van der Waals surface area (Å²) in [5.41, 5.74) is 4.79. The lowest BCUT2D eigenvalue weighted by Gasteiger charge is -2.23. The normalized spacial score (nSPS) is 11.6. The number of aromatic nitrogens is 1. The van der Waals surface area contributed by atoms with Crippen LogP contribution < -0.4 is 15.4 Å². The van der Waals surface area contributed by atoms with Crippen molar-refractivity contribution < 1.29 is 9.53 Å². The first-order valence-corrected chi connectivity index (χ1v) is 11.6. The number of hydrogen-bond acceptors (Lipinski definition) is 5. The molecule has 6 heteroatoms. The van der Waals surface area contributed by atoms with Gasteiger partial charge >= 0.3 is 0 Å². The molecular formula is C27H27N3O2S.